The first-order chi connectivity index (χ1) is 7.72. The molecule has 0 amide bonds. The number of hydrogen-bond acceptors (Lipinski definition) is 2. The van der Waals surface area contributed by atoms with Crippen molar-refractivity contribution in [3.05, 3.63) is 35.9 Å². The summed E-state index contributed by atoms with van der Waals surface area (Å²) in [6.07, 6.45) is 0.0734. The van der Waals surface area contributed by atoms with Gasteiger partial charge in [0.25, 0.3) is 0 Å². The molecule has 1 aromatic rings. The standard InChI is InChI=1S/C13H20ClNO/c1-11(2)15-9-13(8-14)16-10-12-6-4-3-5-7-12/h3-7,11,13,15H,8-10H2,1-2H3/t13-/m1/s1. The van der Waals surface area contributed by atoms with Gasteiger partial charge in [0.05, 0.1) is 12.7 Å². The van der Waals surface area contributed by atoms with Crippen molar-refractivity contribution in [2.75, 3.05) is 12.4 Å². The van der Waals surface area contributed by atoms with E-state index in [0.717, 1.165) is 6.54 Å². The first kappa shape index (κ1) is 13.5. The lowest BCUT2D eigenvalue weighted by molar-refractivity contribution is 0.0542. The van der Waals surface area contributed by atoms with E-state index in [1.165, 1.54) is 5.56 Å². The number of alkyl halides is 1. The molecule has 0 unspecified atom stereocenters. The predicted molar refractivity (Wildman–Crippen MR) is 68.9 cm³/mol. The summed E-state index contributed by atoms with van der Waals surface area (Å²) in [5.41, 5.74) is 1.18. The van der Waals surface area contributed by atoms with Crippen molar-refractivity contribution in [2.24, 2.45) is 0 Å². The molecule has 0 heterocycles. The Labute approximate surface area is 103 Å². The van der Waals surface area contributed by atoms with E-state index in [0.29, 0.717) is 18.5 Å². The van der Waals surface area contributed by atoms with Crippen LogP contribution in [0.25, 0.3) is 0 Å². The van der Waals surface area contributed by atoms with Crippen LogP contribution < -0.4 is 5.32 Å². The second-order valence-electron chi connectivity index (χ2n) is 4.14. The van der Waals surface area contributed by atoms with Crippen molar-refractivity contribution in [2.45, 2.75) is 32.6 Å². The third kappa shape index (κ3) is 5.50. The topological polar surface area (TPSA) is 21.3 Å². The number of benzene rings is 1. The average Bonchev–Trinajstić information content (AvgIpc) is 2.30. The molecule has 0 saturated heterocycles. The second kappa shape index (κ2) is 7.66. The number of halogens is 1. The van der Waals surface area contributed by atoms with Crippen LogP contribution in [0.2, 0.25) is 0 Å². The van der Waals surface area contributed by atoms with E-state index in [1.54, 1.807) is 0 Å². The lowest BCUT2D eigenvalue weighted by Gasteiger charge is -2.17. The van der Waals surface area contributed by atoms with E-state index in [4.69, 9.17) is 16.3 Å². The predicted octanol–water partition coefficient (Wildman–Crippen LogP) is 2.81. The Morgan fingerprint density at radius 3 is 2.50 bits per heavy atom. The number of rotatable bonds is 7. The minimum atomic E-state index is 0.0734. The Hall–Kier alpha value is -0.570. The fourth-order valence-electron chi connectivity index (χ4n) is 1.31. The molecule has 0 radical (unpaired) electrons. The zero-order valence-electron chi connectivity index (χ0n) is 9.95. The normalized spacial score (nSPS) is 13.0. The van der Waals surface area contributed by atoms with Gasteiger partial charge in [0.1, 0.15) is 0 Å². The molecule has 16 heavy (non-hydrogen) atoms. The summed E-state index contributed by atoms with van der Waals surface area (Å²) in [7, 11) is 0. The lowest BCUT2D eigenvalue weighted by atomic mass is 10.2. The summed E-state index contributed by atoms with van der Waals surface area (Å²) < 4.78 is 5.73. The minimum absolute atomic E-state index is 0.0734. The maximum atomic E-state index is 5.85. The lowest BCUT2D eigenvalue weighted by Crippen LogP contribution is -2.34. The SMILES string of the molecule is CC(C)NC[C@@H](CCl)OCc1ccccc1. The van der Waals surface area contributed by atoms with Gasteiger partial charge < -0.3 is 10.1 Å². The molecule has 0 aliphatic heterocycles. The van der Waals surface area contributed by atoms with Crippen LogP contribution in [0.4, 0.5) is 0 Å². The zero-order chi connectivity index (χ0) is 11.8. The van der Waals surface area contributed by atoms with Crippen LogP contribution in [0.3, 0.4) is 0 Å². The summed E-state index contributed by atoms with van der Waals surface area (Å²) in [6.45, 7) is 5.65. The highest BCUT2D eigenvalue weighted by atomic mass is 35.5. The maximum absolute atomic E-state index is 5.85. The molecule has 1 atom stereocenters. The second-order valence-corrected chi connectivity index (χ2v) is 4.44. The maximum Gasteiger partial charge on any atom is 0.0839 e. The van der Waals surface area contributed by atoms with Crippen LogP contribution in [-0.4, -0.2) is 24.6 Å². The third-order valence-electron chi connectivity index (χ3n) is 2.25. The first-order valence-corrected chi connectivity index (χ1v) is 6.20. The van der Waals surface area contributed by atoms with E-state index >= 15 is 0 Å². The smallest absolute Gasteiger partial charge is 0.0839 e. The van der Waals surface area contributed by atoms with Gasteiger partial charge in [0, 0.05) is 18.5 Å². The van der Waals surface area contributed by atoms with Crippen LogP contribution in [0.5, 0.6) is 0 Å². The largest absolute Gasteiger partial charge is 0.371 e. The molecule has 3 heteroatoms. The fraction of sp³-hybridized carbons (Fsp3) is 0.538. The van der Waals surface area contributed by atoms with Crippen molar-refractivity contribution < 1.29 is 4.74 Å². The quantitative estimate of drug-likeness (QED) is 0.742. The van der Waals surface area contributed by atoms with Crippen molar-refractivity contribution in [1.29, 1.82) is 0 Å². The third-order valence-corrected chi connectivity index (χ3v) is 2.60. The van der Waals surface area contributed by atoms with Crippen molar-refractivity contribution in [3.63, 3.8) is 0 Å². The van der Waals surface area contributed by atoms with Crippen molar-refractivity contribution >= 4 is 11.6 Å². The van der Waals surface area contributed by atoms with E-state index in [-0.39, 0.29) is 6.10 Å². The fourth-order valence-corrected chi connectivity index (χ4v) is 1.51. The molecule has 0 aromatic heterocycles. The summed E-state index contributed by atoms with van der Waals surface area (Å²) in [5.74, 6) is 0.520. The van der Waals surface area contributed by atoms with E-state index < -0.39 is 0 Å². The Morgan fingerprint density at radius 2 is 1.94 bits per heavy atom. The van der Waals surface area contributed by atoms with Crippen molar-refractivity contribution in [1.82, 2.24) is 5.32 Å². The highest BCUT2D eigenvalue weighted by Gasteiger charge is 2.08. The first-order valence-electron chi connectivity index (χ1n) is 5.67. The molecular weight excluding hydrogens is 222 g/mol. The van der Waals surface area contributed by atoms with Gasteiger partial charge in [-0.15, -0.1) is 11.6 Å². The molecule has 1 N–H and O–H groups in total. The molecule has 1 rings (SSSR count). The number of hydrogen-bond donors (Lipinski definition) is 1. The van der Waals surface area contributed by atoms with Gasteiger partial charge in [0.2, 0.25) is 0 Å². The Morgan fingerprint density at radius 1 is 1.25 bits per heavy atom. The molecule has 0 spiro atoms. The Balaban J connectivity index is 2.28. The molecule has 0 aliphatic carbocycles. The van der Waals surface area contributed by atoms with Crippen LogP contribution in [-0.2, 0) is 11.3 Å². The van der Waals surface area contributed by atoms with Crippen molar-refractivity contribution in [3.8, 4) is 0 Å². The van der Waals surface area contributed by atoms with Gasteiger partial charge in [-0.1, -0.05) is 44.2 Å². The zero-order valence-corrected chi connectivity index (χ0v) is 10.7. The van der Waals surface area contributed by atoms with Crippen LogP contribution in [0.15, 0.2) is 30.3 Å². The van der Waals surface area contributed by atoms with Gasteiger partial charge in [0.15, 0.2) is 0 Å². The summed E-state index contributed by atoms with van der Waals surface area (Å²) in [5, 5.41) is 3.32. The Bertz CT molecular complexity index is 277. The van der Waals surface area contributed by atoms with Gasteiger partial charge in [-0.3, -0.25) is 0 Å². The van der Waals surface area contributed by atoms with Gasteiger partial charge >= 0.3 is 0 Å². The molecule has 0 fully saturated rings. The molecule has 2 nitrogen and oxygen atoms in total. The summed E-state index contributed by atoms with van der Waals surface area (Å²) >= 11 is 5.85. The van der Waals surface area contributed by atoms with Gasteiger partial charge in [-0.2, -0.15) is 0 Å². The monoisotopic (exact) mass is 241 g/mol. The van der Waals surface area contributed by atoms with Crippen LogP contribution >= 0.6 is 11.6 Å². The van der Waals surface area contributed by atoms with E-state index in [2.05, 4.69) is 31.3 Å². The Kier molecular flexibility index (Phi) is 6.46. The van der Waals surface area contributed by atoms with E-state index in [9.17, 15) is 0 Å². The van der Waals surface area contributed by atoms with Gasteiger partial charge in [-0.05, 0) is 5.56 Å². The molecule has 90 valence electrons. The molecule has 0 bridgehead atoms. The number of nitrogens with one attached hydrogen (secondary N) is 1. The van der Waals surface area contributed by atoms with Gasteiger partial charge in [-0.25, -0.2) is 0 Å². The summed E-state index contributed by atoms with van der Waals surface area (Å²) in [4.78, 5) is 0. The summed E-state index contributed by atoms with van der Waals surface area (Å²) in [6, 6.07) is 10.6. The van der Waals surface area contributed by atoms with E-state index in [1.807, 2.05) is 18.2 Å². The van der Waals surface area contributed by atoms with Crippen LogP contribution in [0, 0.1) is 0 Å². The minimum Gasteiger partial charge on any atom is -0.371 e. The number of ether oxygens (including phenoxy) is 1. The average molecular weight is 242 g/mol. The highest BCUT2D eigenvalue weighted by molar-refractivity contribution is 6.18. The highest BCUT2D eigenvalue weighted by Crippen LogP contribution is 2.04. The molecular formula is C13H20ClNO. The molecule has 0 aliphatic rings. The molecule has 0 saturated carbocycles. The van der Waals surface area contributed by atoms with Crippen LogP contribution in [0.1, 0.15) is 19.4 Å². The molecule has 1 aromatic carbocycles.